The Morgan fingerprint density at radius 2 is 1.50 bits per heavy atom. The smallest absolute Gasteiger partial charge is 0.364 e. The van der Waals surface area contributed by atoms with E-state index < -0.39 is 33.1 Å². The Balaban J connectivity index is 2.55. The number of hydrogen-bond donors (Lipinski definition) is 0. The van der Waals surface area contributed by atoms with Crippen molar-refractivity contribution in [2.45, 2.75) is 17.9 Å². The van der Waals surface area contributed by atoms with Gasteiger partial charge in [0.05, 0.1) is 10.6 Å². The van der Waals surface area contributed by atoms with Crippen LogP contribution in [0.15, 0.2) is 18.2 Å². The largest absolute Gasteiger partial charge is 0.522 e. The maximum Gasteiger partial charge on any atom is 0.522 e. The van der Waals surface area contributed by atoms with E-state index in [1.54, 1.807) is 0 Å². The minimum Gasteiger partial charge on any atom is -0.364 e. The highest BCUT2D eigenvalue weighted by molar-refractivity contribution is 8.28. The SMILES string of the molecule is Cc1cccc2c1OS(C(F)(F)F)(C(F)(F)F)O2. The number of benzene rings is 1. The zero-order chi connectivity index (χ0) is 13.8. The van der Waals surface area contributed by atoms with E-state index in [1.165, 1.54) is 19.1 Å². The summed E-state index contributed by atoms with van der Waals surface area (Å²) in [4.78, 5) is 0. The van der Waals surface area contributed by atoms with E-state index in [0.717, 1.165) is 6.07 Å². The molecule has 1 aliphatic heterocycles. The fourth-order valence-electron chi connectivity index (χ4n) is 1.38. The molecule has 0 unspecified atom stereocenters. The van der Waals surface area contributed by atoms with Crippen LogP contribution < -0.4 is 8.37 Å². The number of hydrogen-bond acceptors (Lipinski definition) is 2. The minimum absolute atomic E-state index is 0.148. The molecule has 1 aromatic rings. The van der Waals surface area contributed by atoms with Gasteiger partial charge in [-0.25, -0.2) is 0 Å². The van der Waals surface area contributed by atoms with E-state index in [4.69, 9.17) is 0 Å². The van der Waals surface area contributed by atoms with Gasteiger partial charge >= 0.3 is 11.0 Å². The van der Waals surface area contributed by atoms with Gasteiger partial charge in [0, 0.05) is 0 Å². The van der Waals surface area contributed by atoms with E-state index >= 15 is 0 Å². The molecule has 2 rings (SSSR count). The van der Waals surface area contributed by atoms with Gasteiger partial charge in [0.2, 0.25) is 0 Å². The molecule has 102 valence electrons. The summed E-state index contributed by atoms with van der Waals surface area (Å²) in [5.41, 5.74) is -11.2. The molecule has 1 aromatic carbocycles. The Labute approximate surface area is 99.2 Å². The normalized spacial score (nSPS) is 19.7. The third-order valence-electron chi connectivity index (χ3n) is 2.19. The topological polar surface area (TPSA) is 18.5 Å². The zero-order valence-corrected chi connectivity index (χ0v) is 9.54. The molecule has 0 saturated carbocycles. The molecule has 0 atom stereocenters. The molecule has 9 heteroatoms. The van der Waals surface area contributed by atoms with Crippen molar-refractivity contribution in [1.82, 2.24) is 0 Å². The Kier molecular flexibility index (Phi) is 2.66. The lowest BCUT2D eigenvalue weighted by Gasteiger charge is -2.38. The molecule has 0 bridgehead atoms. The van der Waals surface area contributed by atoms with Crippen LogP contribution in [0, 0.1) is 6.92 Å². The van der Waals surface area contributed by atoms with Gasteiger partial charge in [-0.15, -0.1) is 26.3 Å². The first kappa shape index (κ1) is 13.2. The summed E-state index contributed by atoms with van der Waals surface area (Å²) in [7, 11) is -5.68. The van der Waals surface area contributed by atoms with Crippen molar-refractivity contribution in [3.63, 3.8) is 0 Å². The molecule has 0 fully saturated rings. The van der Waals surface area contributed by atoms with Crippen molar-refractivity contribution in [1.29, 1.82) is 0 Å². The molecule has 1 heterocycles. The average molecular weight is 292 g/mol. The molecule has 2 nitrogen and oxygen atoms in total. The molecular weight excluding hydrogens is 286 g/mol. The number of rotatable bonds is 0. The van der Waals surface area contributed by atoms with Crippen molar-refractivity contribution in [2.24, 2.45) is 0 Å². The highest BCUT2D eigenvalue weighted by Crippen LogP contribution is 2.76. The van der Waals surface area contributed by atoms with Crippen LogP contribution in [0.25, 0.3) is 0 Å². The van der Waals surface area contributed by atoms with E-state index in [-0.39, 0.29) is 5.56 Å². The first-order valence-corrected chi connectivity index (χ1v) is 6.01. The summed E-state index contributed by atoms with van der Waals surface area (Å²) < 4.78 is 84.3. The first-order valence-electron chi connectivity index (χ1n) is 4.53. The molecular formula is C9H6F6O2S. The van der Waals surface area contributed by atoms with Gasteiger partial charge in [-0.1, -0.05) is 12.1 Å². The van der Waals surface area contributed by atoms with Crippen LogP contribution in [0.5, 0.6) is 11.5 Å². The van der Waals surface area contributed by atoms with Gasteiger partial charge < -0.3 is 8.37 Å². The molecule has 0 amide bonds. The van der Waals surface area contributed by atoms with Crippen molar-refractivity contribution in [2.75, 3.05) is 0 Å². The number of fused-ring (bicyclic) bond motifs is 1. The summed E-state index contributed by atoms with van der Waals surface area (Å²) in [6, 6.07) is 3.64. The van der Waals surface area contributed by atoms with Gasteiger partial charge in [0.25, 0.3) is 0 Å². The number of alkyl halides is 6. The average Bonchev–Trinajstić information content (AvgIpc) is 2.57. The van der Waals surface area contributed by atoms with Crippen molar-refractivity contribution in [3.8, 4) is 11.5 Å². The highest BCUT2D eigenvalue weighted by Gasteiger charge is 2.71. The standard InChI is InChI=1S/C9H6F6O2S/c1-5-3-2-4-6-7(5)17-18(16-6,8(10,11)12)9(13,14)15/h2-4H,1H3. The Morgan fingerprint density at radius 1 is 0.944 bits per heavy atom. The monoisotopic (exact) mass is 292 g/mol. The third kappa shape index (κ3) is 1.68. The van der Waals surface area contributed by atoms with Crippen LogP contribution in [0.1, 0.15) is 5.56 Å². The van der Waals surface area contributed by atoms with Crippen LogP contribution in [-0.4, -0.2) is 11.0 Å². The molecule has 1 aliphatic rings. The number of halogens is 6. The number of para-hydroxylation sites is 1. The minimum atomic E-state index is -5.68. The van der Waals surface area contributed by atoms with Crippen molar-refractivity contribution >= 4 is 10.6 Å². The quantitative estimate of drug-likeness (QED) is 0.658. The maximum atomic E-state index is 12.7. The van der Waals surface area contributed by atoms with E-state index in [1.807, 2.05) is 0 Å². The van der Waals surface area contributed by atoms with Crippen LogP contribution in [0.3, 0.4) is 0 Å². The lowest BCUT2D eigenvalue weighted by Crippen LogP contribution is -2.37. The fourth-order valence-corrected chi connectivity index (χ4v) is 2.89. The van der Waals surface area contributed by atoms with Crippen LogP contribution in [0.4, 0.5) is 26.3 Å². The molecule has 0 saturated heterocycles. The lowest BCUT2D eigenvalue weighted by atomic mass is 10.2. The van der Waals surface area contributed by atoms with Gasteiger partial charge in [-0.05, 0) is 18.6 Å². The summed E-state index contributed by atoms with van der Waals surface area (Å²) >= 11 is 0. The van der Waals surface area contributed by atoms with Gasteiger partial charge in [-0.2, -0.15) is 0 Å². The van der Waals surface area contributed by atoms with Gasteiger partial charge in [0.15, 0.2) is 11.5 Å². The van der Waals surface area contributed by atoms with Gasteiger partial charge in [0.1, 0.15) is 0 Å². The highest BCUT2D eigenvalue weighted by atomic mass is 32.3. The summed E-state index contributed by atoms with van der Waals surface area (Å²) in [5.74, 6) is -1.05. The van der Waals surface area contributed by atoms with E-state index in [0.29, 0.717) is 0 Å². The predicted molar refractivity (Wildman–Crippen MR) is 52.1 cm³/mol. The second-order valence-corrected chi connectivity index (χ2v) is 5.73. The molecule has 0 N–H and O–H groups in total. The Hall–Kier alpha value is -1.25. The van der Waals surface area contributed by atoms with E-state index in [2.05, 4.69) is 8.37 Å². The summed E-state index contributed by atoms with van der Waals surface area (Å²) in [6.07, 6.45) is 0. The Morgan fingerprint density at radius 3 is 1.94 bits per heavy atom. The second kappa shape index (κ2) is 3.62. The molecule has 0 aliphatic carbocycles. The van der Waals surface area contributed by atoms with Crippen LogP contribution in [-0.2, 0) is 0 Å². The summed E-state index contributed by atoms with van der Waals surface area (Å²) in [6.45, 7) is 1.34. The second-order valence-electron chi connectivity index (χ2n) is 3.46. The molecule has 0 aromatic heterocycles. The first-order chi connectivity index (χ1) is 8.08. The van der Waals surface area contributed by atoms with Crippen LogP contribution in [0.2, 0.25) is 0 Å². The number of aryl methyl sites for hydroxylation is 1. The third-order valence-corrected chi connectivity index (χ3v) is 4.23. The van der Waals surface area contributed by atoms with Crippen LogP contribution >= 0.6 is 10.6 Å². The Bertz CT molecular complexity index is 467. The fraction of sp³-hybridized carbons (Fsp3) is 0.333. The molecule has 0 radical (unpaired) electrons. The molecule has 18 heavy (non-hydrogen) atoms. The van der Waals surface area contributed by atoms with E-state index in [9.17, 15) is 26.3 Å². The summed E-state index contributed by atoms with van der Waals surface area (Å²) in [5, 5.41) is 0. The zero-order valence-electron chi connectivity index (χ0n) is 8.72. The van der Waals surface area contributed by atoms with Crippen molar-refractivity contribution < 1.29 is 34.7 Å². The maximum absolute atomic E-state index is 12.7. The predicted octanol–water partition coefficient (Wildman–Crippen LogP) is 4.44. The van der Waals surface area contributed by atoms with Crippen molar-refractivity contribution in [3.05, 3.63) is 23.8 Å². The lowest BCUT2D eigenvalue weighted by molar-refractivity contribution is -0.0970. The van der Waals surface area contributed by atoms with Gasteiger partial charge in [-0.3, -0.25) is 0 Å². The molecule has 0 spiro atoms.